The van der Waals surface area contributed by atoms with Crippen molar-refractivity contribution in [1.82, 2.24) is 10.6 Å². The van der Waals surface area contributed by atoms with Crippen LogP contribution in [0.15, 0.2) is 0 Å². The van der Waals surface area contributed by atoms with Crippen molar-refractivity contribution in [3.63, 3.8) is 0 Å². The smallest absolute Gasteiger partial charge is 0.412 e. The molecule has 0 aromatic rings. The van der Waals surface area contributed by atoms with Gasteiger partial charge in [-0.15, -0.1) is 0 Å². The van der Waals surface area contributed by atoms with E-state index in [1.54, 1.807) is 0 Å². The molecule has 0 atom stereocenters. The van der Waals surface area contributed by atoms with Gasteiger partial charge in [0.25, 0.3) is 0 Å². The van der Waals surface area contributed by atoms with E-state index in [9.17, 15) is 9.59 Å². The summed E-state index contributed by atoms with van der Waals surface area (Å²) in [5, 5.41) is 12.0. The first-order valence-electron chi connectivity index (χ1n) is 3.20. The topological polar surface area (TPSA) is 114 Å². The van der Waals surface area contributed by atoms with E-state index in [1.807, 2.05) is 0 Å². The van der Waals surface area contributed by atoms with E-state index in [-0.39, 0.29) is 0 Å². The summed E-state index contributed by atoms with van der Waals surface area (Å²) in [5.74, 6) is 0. The lowest BCUT2D eigenvalue weighted by molar-refractivity contribution is 0.193. The van der Waals surface area contributed by atoms with Gasteiger partial charge in [0.15, 0.2) is 0 Å². The lowest BCUT2D eigenvalue weighted by Gasteiger charge is -1.86. The first kappa shape index (κ1) is 10.7. The first-order valence-corrected chi connectivity index (χ1v) is 3.20. The van der Waals surface area contributed by atoms with Crippen molar-refractivity contribution in [1.29, 1.82) is 0 Å². The third kappa shape index (κ3) is 8.66. The van der Waals surface area contributed by atoms with Gasteiger partial charge in [-0.3, -0.25) is 5.32 Å². The molecule has 1 rings (SSSR count). The van der Waals surface area contributed by atoms with Crippen molar-refractivity contribution < 1.29 is 19.4 Å². The number of nitrogens with two attached hydrogens (primary N) is 1. The summed E-state index contributed by atoms with van der Waals surface area (Å²) in [6.45, 7) is 2.67. The van der Waals surface area contributed by atoms with Crippen LogP contribution in [0, 0.1) is 0 Å². The average Bonchev–Trinajstić information content (AvgIpc) is 2.36. The van der Waals surface area contributed by atoms with Crippen molar-refractivity contribution in [2.24, 2.45) is 5.73 Å². The highest BCUT2D eigenvalue weighted by Crippen LogP contribution is 1.75. The van der Waals surface area contributed by atoms with Crippen molar-refractivity contribution in [3.05, 3.63) is 0 Å². The summed E-state index contributed by atoms with van der Waals surface area (Å²) in [7, 11) is 0. The number of hydrogen-bond donors (Lipinski definition) is 4. The Morgan fingerprint density at radius 3 is 2.33 bits per heavy atom. The fourth-order valence-corrected chi connectivity index (χ4v) is 0.466. The zero-order valence-electron chi connectivity index (χ0n) is 6.37. The standard InChI is InChI=1S/C3H7NO.C2H4N2O3/c1-2-5-3-4-1;3-1(5)4-2(6)7/h4H,1-3H2;(H,6,7)(H3,3,4,5). The minimum absolute atomic E-state index is 0.750. The van der Waals surface area contributed by atoms with E-state index < -0.39 is 12.1 Å². The maximum atomic E-state index is 9.54. The average molecular weight is 177 g/mol. The van der Waals surface area contributed by atoms with E-state index in [4.69, 9.17) is 9.84 Å². The maximum Gasteiger partial charge on any atom is 0.412 e. The molecule has 0 spiro atoms. The lowest BCUT2D eigenvalue weighted by Crippen LogP contribution is -2.33. The molecule has 1 aliphatic heterocycles. The van der Waals surface area contributed by atoms with E-state index in [1.165, 1.54) is 5.32 Å². The molecule has 0 aromatic heterocycles. The molecule has 12 heavy (non-hydrogen) atoms. The largest absolute Gasteiger partial charge is 0.465 e. The van der Waals surface area contributed by atoms with Crippen LogP contribution < -0.4 is 16.4 Å². The summed E-state index contributed by atoms with van der Waals surface area (Å²) in [6.07, 6.45) is -1.44. The summed E-state index contributed by atoms with van der Waals surface area (Å²) in [5.41, 5.74) is 4.36. The predicted octanol–water partition coefficient (Wildman–Crippen LogP) is -1.10. The summed E-state index contributed by atoms with van der Waals surface area (Å²) in [4.78, 5) is 18.9. The predicted molar refractivity (Wildman–Crippen MR) is 39.6 cm³/mol. The van der Waals surface area contributed by atoms with Crippen LogP contribution in [-0.2, 0) is 4.74 Å². The van der Waals surface area contributed by atoms with Crippen LogP contribution in [0.3, 0.4) is 0 Å². The van der Waals surface area contributed by atoms with Gasteiger partial charge in [0, 0.05) is 6.54 Å². The Balaban J connectivity index is 0.000000211. The first-order chi connectivity index (χ1) is 5.63. The minimum Gasteiger partial charge on any atom is -0.465 e. The highest BCUT2D eigenvalue weighted by Gasteiger charge is 1.94. The van der Waals surface area contributed by atoms with Gasteiger partial charge >= 0.3 is 12.1 Å². The zero-order chi connectivity index (χ0) is 9.40. The van der Waals surface area contributed by atoms with Crippen molar-refractivity contribution >= 4 is 12.1 Å². The number of rotatable bonds is 0. The third-order valence-electron chi connectivity index (χ3n) is 0.857. The fourth-order valence-electron chi connectivity index (χ4n) is 0.466. The molecular formula is C5H11N3O4. The Kier molecular flexibility index (Phi) is 5.66. The molecule has 70 valence electrons. The number of imide groups is 1. The lowest BCUT2D eigenvalue weighted by atomic mass is 10.7. The molecular weight excluding hydrogens is 166 g/mol. The molecule has 7 heteroatoms. The Morgan fingerprint density at radius 1 is 1.58 bits per heavy atom. The number of nitrogens with one attached hydrogen (secondary N) is 2. The number of urea groups is 1. The van der Waals surface area contributed by atoms with Gasteiger partial charge in [0.2, 0.25) is 0 Å². The Hall–Kier alpha value is -1.34. The molecule has 3 amide bonds. The van der Waals surface area contributed by atoms with Crippen LogP contribution in [0.2, 0.25) is 0 Å². The summed E-state index contributed by atoms with van der Waals surface area (Å²) >= 11 is 0. The fraction of sp³-hybridized carbons (Fsp3) is 0.600. The second kappa shape index (κ2) is 6.38. The monoisotopic (exact) mass is 177 g/mol. The maximum absolute atomic E-state index is 9.54. The van der Waals surface area contributed by atoms with E-state index in [2.05, 4.69) is 11.1 Å². The number of carboxylic acid groups (broad SMARTS) is 1. The molecule has 1 saturated heterocycles. The number of carbonyl (C=O) groups is 2. The van der Waals surface area contributed by atoms with E-state index in [0.29, 0.717) is 0 Å². The van der Waals surface area contributed by atoms with Crippen LogP contribution in [0.5, 0.6) is 0 Å². The zero-order valence-corrected chi connectivity index (χ0v) is 6.37. The molecule has 0 aliphatic carbocycles. The van der Waals surface area contributed by atoms with Crippen molar-refractivity contribution in [2.75, 3.05) is 19.9 Å². The van der Waals surface area contributed by atoms with Crippen LogP contribution in [0.25, 0.3) is 0 Å². The van der Waals surface area contributed by atoms with E-state index in [0.717, 1.165) is 19.9 Å². The highest BCUT2D eigenvalue weighted by molar-refractivity contribution is 5.88. The summed E-state index contributed by atoms with van der Waals surface area (Å²) in [6, 6.07) is -1.06. The Labute approximate surface area is 68.9 Å². The Bertz CT molecular complexity index is 137. The van der Waals surface area contributed by atoms with Gasteiger partial charge in [-0.05, 0) is 0 Å². The molecule has 7 nitrogen and oxygen atoms in total. The van der Waals surface area contributed by atoms with Gasteiger partial charge in [-0.2, -0.15) is 0 Å². The van der Waals surface area contributed by atoms with Gasteiger partial charge in [0.1, 0.15) is 0 Å². The van der Waals surface area contributed by atoms with Crippen LogP contribution >= 0.6 is 0 Å². The normalized spacial score (nSPS) is 14.3. The molecule has 0 aromatic carbocycles. The third-order valence-corrected chi connectivity index (χ3v) is 0.857. The molecule has 1 aliphatic rings. The molecule has 1 fully saturated rings. The molecule has 1 heterocycles. The number of amides is 3. The van der Waals surface area contributed by atoms with Gasteiger partial charge in [0.05, 0.1) is 13.3 Å². The van der Waals surface area contributed by atoms with Crippen LogP contribution in [0.1, 0.15) is 0 Å². The molecule has 0 bridgehead atoms. The van der Waals surface area contributed by atoms with E-state index >= 15 is 0 Å². The Morgan fingerprint density at radius 2 is 2.25 bits per heavy atom. The van der Waals surface area contributed by atoms with Crippen LogP contribution in [0.4, 0.5) is 9.59 Å². The highest BCUT2D eigenvalue weighted by atomic mass is 16.5. The second-order valence-electron chi connectivity index (χ2n) is 1.85. The van der Waals surface area contributed by atoms with Gasteiger partial charge < -0.3 is 15.6 Å². The van der Waals surface area contributed by atoms with Gasteiger partial charge in [-0.1, -0.05) is 0 Å². The van der Waals surface area contributed by atoms with Gasteiger partial charge in [-0.25, -0.2) is 14.9 Å². The number of hydrogen-bond acceptors (Lipinski definition) is 4. The minimum atomic E-state index is -1.44. The van der Waals surface area contributed by atoms with Crippen molar-refractivity contribution in [2.45, 2.75) is 0 Å². The van der Waals surface area contributed by atoms with Crippen molar-refractivity contribution in [3.8, 4) is 0 Å². The quantitative estimate of drug-likeness (QED) is 0.375. The second-order valence-corrected chi connectivity index (χ2v) is 1.85. The summed E-state index contributed by atoms with van der Waals surface area (Å²) < 4.78 is 4.83. The number of primary amides is 1. The number of ether oxygens (including phenoxy) is 1. The SMILES string of the molecule is C1COCN1.NC(=O)NC(=O)O. The number of carbonyl (C=O) groups excluding carboxylic acids is 1. The molecule has 0 unspecified atom stereocenters. The molecule has 5 N–H and O–H groups in total. The van der Waals surface area contributed by atoms with Crippen LogP contribution in [-0.4, -0.2) is 37.1 Å². The molecule has 0 saturated carbocycles. The molecule has 0 radical (unpaired) electrons.